The number of aryl methyl sites for hydroxylation is 1. The van der Waals surface area contributed by atoms with Crippen molar-refractivity contribution < 1.29 is 19.4 Å². The van der Waals surface area contributed by atoms with Crippen LogP contribution in [0.5, 0.6) is 0 Å². The van der Waals surface area contributed by atoms with E-state index < -0.39 is 11.9 Å². The molecule has 0 aliphatic heterocycles. The van der Waals surface area contributed by atoms with Crippen molar-refractivity contribution in [2.24, 2.45) is 5.73 Å². The number of carboxylic acid groups (broad SMARTS) is 1. The molecule has 0 spiro atoms. The van der Waals surface area contributed by atoms with Gasteiger partial charge in [-0.2, -0.15) is 0 Å². The summed E-state index contributed by atoms with van der Waals surface area (Å²) in [5.74, 6) is -1.31. The molecule has 1 amide bonds. The van der Waals surface area contributed by atoms with Gasteiger partial charge < -0.3 is 15.6 Å². The Kier molecular flexibility index (Phi) is 9.91. The van der Waals surface area contributed by atoms with E-state index in [4.69, 9.17) is 10.5 Å². The van der Waals surface area contributed by atoms with Gasteiger partial charge in [-0.15, -0.1) is 0 Å². The van der Waals surface area contributed by atoms with Crippen LogP contribution in [0, 0.1) is 0 Å². The van der Waals surface area contributed by atoms with E-state index in [9.17, 15) is 14.7 Å². The lowest BCUT2D eigenvalue weighted by atomic mass is 9.96. The van der Waals surface area contributed by atoms with Gasteiger partial charge >= 0.3 is 5.97 Å². The molecule has 0 unspecified atom stereocenters. The van der Waals surface area contributed by atoms with E-state index in [1.807, 2.05) is 42.5 Å². The molecule has 0 aliphatic carbocycles. The number of ether oxygens (including phenoxy) is 1. The highest BCUT2D eigenvalue weighted by Crippen LogP contribution is 2.18. The molecule has 0 saturated heterocycles. The monoisotopic (exact) mass is 420 g/mol. The van der Waals surface area contributed by atoms with E-state index in [-0.39, 0.29) is 0 Å². The molecular formula is C25H28N2O4. The summed E-state index contributed by atoms with van der Waals surface area (Å²) in [4.78, 5) is 25.5. The number of hydrogen-bond acceptors (Lipinski definition) is 4. The van der Waals surface area contributed by atoms with Crippen LogP contribution >= 0.6 is 0 Å². The van der Waals surface area contributed by atoms with Gasteiger partial charge in [0.2, 0.25) is 5.91 Å². The lowest BCUT2D eigenvalue weighted by molar-refractivity contribution is 0.0695. The number of benzene rings is 2. The van der Waals surface area contributed by atoms with Crippen molar-refractivity contribution in [3.63, 3.8) is 0 Å². The first-order valence-corrected chi connectivity index (χ1v) is 10.1. The van der Waals surface area contributed by atoms with E-state index in [1.54, 1.807) is 31.5 Å². The fourth-order valence-corrected chi connectivity index (χ4v) is 3.06. The summed E-state index contributed by atoms with van der Waals surface area (Å²) in [6.07, 6.45) is 6.68. The van der Waals surface area contributed by atoms with Crippen LogP contribution in [-0.4, -0.2) is 35.7 Å². The Balaban J connectivity index is 0.000000316. The summed E-state index contributed by atoms with van der Waals surface area (Å²) in [6, 6.07) is 18.9. The molecule has 6 nitrogen and oxygen atoms in total. The number of carbonyl (C=O) groups excluding carboxylic acids is 1. The minimum absolute atomic E-state index is 0.393. The molecule has 0 saturated carbocycles. The van der Waals surface area contributed by atoms with Gasteiger partial charge in [0.1, 0.15) is 0 Å². The molecule has 0 radical (unpaired) electrons. The molecule has 31 heavy (non-hydrogen) atoms. The molecule has 3 N–H and O–H groups in total. The van der Waals surface area contributed by atoms with Crippen LogP contribution < -0.4 is 5.73 Å². The van der Waals surface area contributed by atoms with Crippen molar-refractivity contribution >= 4 is 11.9 Å². The van der Waals surface area contributed by atoms with Crippen molar-refractivity contribution in [1.82, 2.24) is 4.98 Å². The molecule has 0 bridgehead atoms. The summed E-state index contributed by atoms with van der Waals surface area (Å²) >= 11 is 0. The summed E-state index contributed by atoms with van der Waals surface area (Å²) in [5.41, 5.74) is 8.96. The zero-order chi connectivity index (χ0) is 22.5. The third-order valence-electron chi connectivity index (χ3n) is 4.65. The highest BCUT2D eigenvalue weighted by molar-refractivity contribution is 5.92. The van der Waals surface area contributed by atoms with Crippen molar-refractivity contribution in [2.45, 2.75) is 25.7 Å². The maximum Gasteiger partial charge on any atom is 0.335 e. The van der Waals surface area contributed by atoms with Crippen LogP contribution in [0.25, 0.3) is 0 Å². The molecule has 0 fully saturated rings. The number of aromatic carboxylic acids is 1. The predicted octanol–water partition coefficient (Wildman–Crippen LogP) is 4.13. The average Bonchev–Trinajstić information content (AvgIpc) is 2.78. The number of rotatable bonds is 9. The van der Waals surface area contributed by atoms with Crippen LogP contribution in [-0.2, 0) is 17.6 Å². The number of aromatic nitrogens is 1. The number of unbranched alkanes of at least 4 members (excludes halogenated alkanes) is 1. The fraction of sp³-hybridized carbons (Fsp3) is 0.240. The van der Waals surface area contributed by atoms with Crippen LogP contribution in [0.3, 0.4) is 0 Å². The van der Waals surface area contributed by atoms with Crippen molar-refractivity contribution in [3.8, 4) is 0 Å². The smallest absolute Gasteiger partial charge is 0.335 e. The van der Waals surface area contributed by atoms with Crippen molar-refractivity contribution in [1.29, 1.82) is 0 Å². The fourth-order valence-electron chi connectivity index (χ4n) is 3.06. The molecule has 0 aliphatic rings. The van der Waals surface area contributed by atoms with Gasteiger partial charge in [0, 0.05) is 26.1 Å². The second-order valence-electron chi connectivity index (χ2n) is 7.01. The van der Waals surface area contributed by atoms with Gasteiger partial charge in [-0.1, -0.05) is 42.5 Å². The molecule has 6 heteroatoms. The first-order valence-electron chi connectivity index (χ1n) is 10.1. The molecular weight excluding hydrogens is 392 g/mol. The van der Waals surface area contributed by atoms with Gasteiger partial charge in [0.25, 0.3) is 0 Å². The van der Waals surface area contributed by atoms with Gasteiger partial charge in [-0.25, -0.2) is 4.79 Å². The van der Waals surface area contributed by atoms with Crippen LogP contribution in [0.4, 0.5) is 0 Å². The molecule has 1 heterocycles. The zero-order valence-electron chi connectivity index (χ0n) is 17.7. The minimum atomic E-state index is -0.864. The lowest BCUT2D eigenvalue weighted by Gasteiger charge is -2.10. The maximum atomic E-state index is 11.4. The van der Waals surface area contributed by atoms with E-state index in [2.05, 4.69) is 4.98 Å². The number of carboxylic acids is 1. The van der Waals surface area contributed by atoms with Crippen LogP contribution in [0.15, 0.2) is 73.1 Å². The Bertz CT molecular complexity index is 960. The minimum Gasteiger partial charge on any atom is -0.478 e. The highest BCUT2D eigenvalue weighted by Gasteiger charge is 2.11. The standard InChI is InChI=1S/C19H22O3.C6H6N2O/c1-22-12-6-5-9-16-10-11-18(19(20)21)17(14-16)13-15-7-3-2-4-8-15;7-6(9)5-2-1-3-8-4-5/h2-4,7-8,10-11,14H,5-6,9,12-13H2,1H3,(H,20,21);1-4H,(H2,7,9). The van der Waals surface area contributed by atoms with Crippen molar-refractivity contribution in [3.05, 3.63) is 101 Å². The molecule has 162 valence electrons. The second kappa shape index (κ2) is 12.9. The summed E-state index contributed by atoms with van der Waals surface area (Å²) in [6.45, 7) is 0.768. The third kappa shape index (κ3) is 8.40. The number of carbonyl (C=O) groups is 2. The first kappa shape index (κ1) is 23.8. The maximum absolute atomic E-state index is 11.4. The Hall–Kier alpha value is -3.51. The van der Waals surface area contributed by atoms with E-state index >= 15 is 0 Å². The van der Waals surface area contributed by atoms with Crippen molar-refractivity contribution in [2.75, 3.05) is 13.7 Å². The number of methoxy groups -OCH3 is 1. The van der Waals surface area contributed by atoms with Gasteiger partial charge in [-0.3, -0.25) is 9.78 Å². The lowest BCUT2D eigenvalue weighted by Crippen LogP contribution is -2.10. The van der Waals surface area contributed by atoms with E-state index in [0.717, 1.165) is 37.0 Å². The number of primary amides is 1. The second-order valence-corrected chi connectivity index (χ2v) is 7.01. The quantitative estimate of drug-likeness (QED) is 0.507. The average molecular weight is 421 g/mol. The number of hydrogen-bond donors (Lipinski definition) is 2. The van der Waals surface area contributed by atoms with Gasteiger partial charge in [-0.05, 0) is 60.6 Å². The number of pyridine rings is 1. The number of nitrogens with zero attached hydrogens (tertiary/aromatic N) is 1. The summed E-state index contributed by atoms with van der Waals surface area (Å²) < 4.78 is 5.06. The third-order valence-corrected chi connectivity index (χ3v) is 4.65. The Morgan fingerprint density at radius 2 is 1.77 bits per heavy atom. The van der Waals surface area contributed by atoms with Gasteiger partial charge in [0.15, 0.2) is 0 Å². The zero-order valence-corrected chi connectivity index (χ0v) is 17.7. The number of amides is 1. The Morgan fingerprint density at radius 3 is 2.35 bits per heavy atom. The molecule has 0 atom stereocenters. The summed E-state index contributed by atoms with van der Waals surface area (Å²) in [5, 5.41) is 9.36. The topological polar surface area (TPSA) is 103 Å². The molecule has 3 aromatic rings. The van der Waals surface area contributed by atoms with Crippen LogP contribution in [0.1, 0.15) is 50.2 Å². The molecule has 1 aromatic heterocycles. The summed E-state index contributed by atoms with van der Waals surface area (Å²) in [7, 11) is 1.71. The largest absolute Gasteiger partial charge is 0.478 e. The predicted molar refractivity (Wildman–Crippen MR) is 120 cm³/mol. The first-order chi connectivity index (χ1) is 15.0. The number of nitrogens with two attached hydrogens (primary N) is 1. The Morgan fingerprint density at radius 1 is 1.00 bits per heavy atom. The highest BCUT2D eigenvalue weighted by atomic mass is 16.5. The normalized spacial score (nSPS) is 10.1. The van der Waals surface area contributed by atoms with E-state index in [0.29, 0.717) is 17.5 Å². The van der Waals surface area contributed by atoms with Gasteiger partial charge in [0.05, 0.1) is 11.1 Å². The molecule has 3 rings (SSSR count). The van der Waals surface area contributed by atoms with E-state index in [1.165, 1.54) is 11.8 Å². The molecule has 2 aromatic carbocycles. The Labute approximate surface area is 182 Å². The SMILES string of the molecule is COCCCCc1ccc(C(=O)O)c(Cc2ccccc2)c1.NC(=O)c1cccnc1. The van der Waals surface area contributed by atoms with Crippen LogP contribution in [0.2, 0.25) is 0 Å².